The van der Waals surface area contributed by atoms with Crippen molar-refractivity contribution in [1.82, 2.24) is 4.72 Å². The third kappa shape index (κ3) is 3.80. The zero-order chi connectivity index (χ0) is 18.2. The largest absolute Gasteiger partial charge is 0.482 e. The van der Waals surface area contributed by atoms with Gasteiger partial charge in [0.2, 0.25) is 10.0 Å². The lowest BCUT2D eigenvalue weighted by atomic mass is 10.2. The van der Waals surface area contributed by atoms with Crippen LogP contribution in [-0.4, -0.2) is 20.9 Å². The topological polar surface area (TPSA) is 84.5 Å². The van der Waals surface area contributed by atoms with E-state index < -0.39 is 21.7 Å². The number of amides is 1. The summed E-state index contributed by atoms with van der Waals surface area (Å²) in [5, 5.41) is 2.56. The number of rotatable bonds is 4. The van der Waals surface area contributed by atoms with Crippen molar-refractivity contribution in [3.63, 3.8) is 0 Å². The smallest absolute Gasteiger partial charge is 0.262 e. The highest BCUT2D eigenvalue weighted by molar-refractivity contribution is 9.10. The normalized spacial score (nSPS) is 13.8. The van der Waals surface area contributed by atoms with Crippen LogP contribution >= 0.6 is 15.9 Å². The first-order valence-corrected chi connectivity index (χ1v) is 9.24. The summed E-state index contributed by atoms with van der Waals surface area (Å²) in [6.45, 7) is -0.572. The second kappa shape index (κ2) is 6.70. The summed E-state index contributed by atoms with van der Waals surface area (Å²) in [6, 6.07) is 5.53. The fourth-order valence-electron chi connectivity index (χ4n) is 2.20. The fraction of sp³-hybridized carbons (Fsp3) is 0.133. The van der Waals surface area contributed by atoms with Gasteiger partial charge >= 0.3 is 0 Å². The van der Waals surface area contributed by atoms with Crippen LogP contribution in [0.3, 0.4) is 0 Å². The second-order valence-electron chi connectivity index (χ2n) is 5.18. The molecule has 0 saturated carbocycles. The Balaban J connectivity index is 1.86. The second-order valence-corrected chi connectivity index (χ2v) is 7.77. The Labute approximate surface area is 150 Å². The van der Waals surface area contributed by atoms with Crippen LogP contribution in [0.25, 0.3) is 0 Å². The number of benzene rings is 2. The number of ether oxygens (including phenoxy) is 1. The molecule has 2 aromatic rings. The highest BCUT2D eigenvalue weighted by atomic mass is 79.9. The Morgan fingerprint density at radius 1 is 1.24 bits per heavy atom. The summed E-state index contributed by atoms with van der Waals surface area (Å²) in [4.78, 5) is 11.2. The van der Waals surface area contributed by atoms with Gasteiger partial charge in [-0.3, -0.25) is 4.79 Å². The molecule has 0 fully saturated rings. The summed E-state index contributed by atoms with van der Waals surface area (Å²) in [7, 11) is -4.01. The van der Waals surface area contributed by atoms with E-state index in [1.807, 2.05) is 0 Å². The first kappa shape index (κ1) is 17.8. The number of halogens is 3. The van der Waals surface area contributed by atoms with Gasteiger partial charge in [-0.2, -0.15) is 0 Å². The molecule has 0 bridgehead atoms. The molecule has 0 unspecified atom stereocenters. The van der Waals surface area contributed by atoms with Crippen LogP contribution in [-0.2, 0) is 21.4 Å². The minimum atomic E-state index is -4.01. The van der Waals surface area contributed by atoms with Gasteiger partial charge in [-0.15, -0.1) is 0 Å². The maximum Gasteiger partial charge on any atom is 0.262 e. The zero-order valence-corrected chi connectivity index (χ0v) is 14.9. The van der Waals surface area contributed by atoms with Crippen molar-refractivity contribution < 1.29 is 26.7 Å². The molecule has 0 aromatic heterocycles. The van der Waals surface area contributed by atoms with Gasteiger partial charge in [0.15, 0.2) is 6.61 Å². The third-order valence-corrected chi connectivity index (χ3v) is 5.78. The molecule has 2 N–H and O–H groups in total. The molecular formula is C15H11BrF2N2O4S. The Bertz CT molecular complexity index is 966. The molecule has 0 saturated heterocycles. The van der Waals surface area contributed by atoms with Gasteiger partial charge in [0.25, 0.3) is 5.91 Å². The van der Waals surface area contributed by atoms with E-state index >= 15 is 0 Å². The van der Waals surface area contributed by atoms with Crippen LogP contribution < -0.4 is 14.8 Å². The quantitative estimate of drug-likeness (QED) is 0.777. The number of nitrogens with one attached hydrogen (secondary N) is 2. The molecule has 0 radical (unpaired) electrons. The van der Waals surface area contributed by atoms with Crippen molar-refractivity contribution in [1.29, 1.82) is 0 Å². The molecule has 1 amide bonds. The van der Waals surface area contributed by atoms with E-state index in [0.29, 0.717) is 11.8 Å². The first-order chi connectivity index (χ1) is 11.8. The average molecular weight is 433 g/mol. The van der Waals surface area contributed by atoms with E-state index in [1.165, 1.54) is 12.1 Å². The minimum Gasteiger partial charge on any atom is -0.482 e. The molecule has 0 atom stereocenters. The highest BCUT2D eigenvalue weighted by Crippen LogP contribution is 2.35. The number of carbonyl (C=O) groups is 1. The standard InChI is InChI=1S/C15H11BrF2N2O4S/c16-10-4-12-13(24-7-15(21)20-12)5-14(10)25(22,23)19-6-8-1-2-9(17)3-11(8)18/h1-5,19H,6-7H2,(H,20,21). The van der Waals surface area contributed by atoms with Gasteiger partial charge in [-0.25, -0.2) is 21.9 Å². The molecular weight excluding hydrogens is 422 g/mol. The first-order valence-electron chi connectivity index (χ1n) is 6.96. The number of carbonyl (C=O) groups excluding carboxylic acids is 1. The Hall–Kier alpha value is -2.04. The Morgan fingerprint density at radius 3 is 2.72 bits per heavy atom. The van der Waals surface area contributed by atoms with Crippen LogP contribution in [0.1, 0.15) is 5.56 Å². The maximum atomic E-state index is 13.6. The molecule has 3 rings (SSSR count). The van der Waals surface area contributed by atoms with Crippen molar-refractivity contribution in [3.05, 3.63) is 52.0 Å². The number of sulfonamides is 1. The molecule has 1 aliphatic heterocycles. The van der Waals surface area contributed by atoms with Crippen molar-refractivity contribution in [2.45, 2.75) is 11.4 Å². The van der Waals surface area contributed by atoms with Gasteiger partial charge in [0.05, 0.1) is 5.69 Å². The Kier molecular flexibility index (Phi) is 4.76. The van der Waals surface area contributed by atoms with Crippen molar-refractivity contribution >= 4 is 37.5 Å². The van der Waals surface area contributed by atoms with E-state index in [1.54, 1.807) is 0 Å². The van der Waals surface area contributed by atoms with E-state index in [-0.39, 0.29) is 39.7 Å². The summed E-state index contributed by atoms with van der Waals surface area (Å²) in [6.07, 6.45) is 0. The van der Waals surface area contributed by atoms with Gasteiger partial charge in [0, 0.05) is 28.7 Å². The molecule has 1 heterocycles. The third-order valence-electron chi connectivity index (χ3n) is 3.42. The number of hydrogen-bond donors (Lipinski definition) is 2. The lowest BCUT2D eigenvalue weighted by molar-refractivity contribution is -0.118. The number of hydrogen-bond acceptors (Lipinski definition) is 4. The van der Waals surface area contributed by atoms with Crippen LogP contribution in [0, 0.1) is 11.6 Å². The fourth-order valence-corrected chi connectivity index (χ4v) is 4.26. The summed E-state index contributed by atoms with van der Waals surface area (Å²) < 4.78 is 59.1. The van der Waals surface area contributed by atoms with Gasteiger partial charge in [-0.1, -0.05) is 6.07 Å². The van der Waals surface area contributed by atoms with E-state index in [2.05, 4.69) is 26.0 Å². The lowest BCUT2D eigenvalue weighted by Gasteiger charge is -2.19. The average Bonchev–Trinajstić information content (AvgIpc) is 2.53. The van der Waals surface area contributed by atoms with Crippen molar-refractivity contribution in [3.8, 4) is 5.75 Å². The van der Waals surface area contributed by atoms with E-state index in [0.717, 1.165) is 12.1 Å². The Morgan fingerprint density at radius 2 is 2.00 bits per heavy atom. The summed E-state index contributed by atoms with van der Waals surface area (Å²) in [5.74, 6) is -1.74. The van der Waals surface area contributed by atoms with Crippen molar-refractivity contribution in [2.24, 2.45) is 0 Å². The minimum absolute atomic E-state index is 0.00238. The number of fused-ring (bicyclic) bond motifs is 1. The summed E-state index contributed by atoms with van der Waals surface area (Å²) >= 11 is 3.13. The predicted octanol–water partition coefficient (Wildman–Crippen LogP) is 2.54. The SMILES string of the molecule is O=C1COc2cc(S(=O)(=O)NCc3ccc(F)cc3F)c(Br)cc2N1. The van der Waals surface area contributed by atoms with Gasteiger partial charge in [0.1, 0.15) is 22.3 Å². The van der Waals surface area contributed by atoms with Crippen LogP contribution in [0.5, 0.6) is 5.75 Å². The number of anilines is 1. The predicted molar refractivity (Wildman–Crippen MR) is 88.7 cm³/mol. The molecule has 0 spiro atoms. The molecule has 6 nitrogen and oxygen atoms in total. The lowest BCUT2D eigenvalue weighted by Crippen LogP contribution is -2.27. The van der Waals surface area contributed by atoms with Crippen LogP contribution in [0.15, 0.2) is 39.7 Å². The van der Waals surface area contributed by atoms with Crippen LogP contribution in [0.2, 0.25) is 0 Å². The van der Waals surface area contributed by atoms with Gasteiger partial charge in [-0.05, 0) is 28.1 Å². The summed E-state index contributed by atoms with van der Waals surface area (Å²) in [5.41, 5.74) is 0.342. The molecule has 132 valence electrons. The monoisotopic (exact) mass is 432 g/mol. The highest BCUT2D eigenvalue weighted by Gasteiger charge is 2.24. The zero-order valence-electron chi connectivity index (χ0n) is 12.5. The van der Waals surface area contributed by atoms with E-state index in [9.17, 15) is 22.0 Å². The molecule has 2 aromatic carbocycles. The molecule has 10 heteroatoms. The molecule has 25 heavy (non-hydrogen) atoms. The molecule has 0 aliphatic carbocycles. The van der Waals surface area contributed by atoms with E-state index in [4.69, 9.17) is 4.74 Å². The molecule has 1 aliphatic rings. The maximum absolute atomic E-state index is 13.6. The van der Waals surface area contributed by atoms with Gasteiger partial charge < -0.3 is 10.1 Å². The van der Waals surface area contributed by atoms with Crippen molar-refractivity contribution in [2.75, 3.05) is 11.9 Å². The van der Waals surface area contributed by atoms with Crippen LogP contribution in [0.4, 0.5) is 14.5 Å².